The maximum atomic E-state index is 14.6. The summed E-state index contributed by atoms with van der Waals surface area (Å²) in [4.78, 5) is 122. The topological polar surface area (TPSA) is 366 Å². The average molecular weight is 1770 g/mol. The summed E-state index contributed by atoms with van der Waals surface area (Å²) in [6.07, 6.45) is 17.2. The summed E-state index contributed by atoms with van der Waals surface area (Å²) in [6, 6.07) is 24.7. The van der Waals surface area contributed by atoms with Gasteiger partial charge in [-0.25, -0.2) is 19.0 Å². The van der Waals surface area contributed by atoms with E-state index in [0.29, 0.717) is 131 Å². The third-order valence-electron chi connectivity index (χ3n) is 29.2. The Balaban J connectivity index is 0.550. The van der Waals surface area contributed by atoms with E-state index in [4.69, 9.17) is 40.6 Å². The van der Waals surface area contributed by atoms with Gasteiger partial charge in [0.15, 0.2) is 11.4 Å². The highest BCUT2D eigenvalue weighted by Crippen LogP contribution is 2.60. The van der Waals surface area contributed by atoms with Gasteiger partial charge in [0.1, 0.15) is 39.9 Å². The van der Waals surface area contributed by atoms with E-state index in [2.05, 4.69) is 64.0 Å². The van der Waals surface area contributed by atoms with Crippen LogP contribution in [0.2, 0.25) is 0 Å². The van der Waals surface area contributed by atoms with Crippen LogP contribution >= 0.6 is 0 Å². The fraction of sp³-hybridized carbons (Fsp3) is 0.616. The molecule has 29 nitrogen and oxygen atoms in total. The largest absolute Gasteiger partial charge is 0.496 e. The van der Waals surface area contributed by atoms with Gasteiger partial charge in [-0.1, -0.05) is 59.6 Å². The van der Waals surface area contributed by atoms with Crippen LogP contribution in [0, 0.1) is 59.2 Å². The van der Waals surface area contributed by atoms with E-state index in [1.54, 1.807) is 71.9 Å². The number of aromatic nitrogens is 4. The molecule has 10 N–H and O–H groups in total. The smallest absolute Gasteiger partial charge is 0.330 e. The van der Waals surface area contributed by atoms with E-state index < -0.39 is 46.8 Å². The van der Waals surface area contributed by atoms with Gasteiger partial charge in [0.05, 0.1) is 74.9 Å². The minimum Gasteiger partial charge on any atom is -0.496 e. The third-order valence-corrected chi connectivity index (χ3v) is 29.2. The number of nitrogens with one attached hydrogen (secondary N) is 4. The molecule has 128 heavy (non-hydrogen) atoms. The Labute approximate surface area is 756 Å². The highest BCUT2D eigenvalue weighted by Gasteiger charge is 2.64. The quantitative estimate of drug-likeness (QED) is 0.0130. The molecule has 3 atom stereocenters. The first-order chi connectivity index (χ1) is 61.4. The van der Waals surface area contributed by atoms with Gasteiger partial charge in [-0.3, -0.25) is 39.0 Å². The van der Waals surface area contributed by atoms with Crippen LogP contribution < -0.4 is 51.7 Å². The summed E-state index contributed by atoms with van der Waals surface area (Å²) in [5.74, 6) is -0.673. The van der Waals surface area contributed by atoms with Gasteiger partial charge in [0, 0.05) is 57.4 Å². The molecular weight excluding hydrogens is 1620 g/mol. The molecule has 8 fully saturated rings. The lowest BCUT2D eigenvalue weighted by atomic mass is 9.48. The summed E-state index contributed by atoms with van der Waals surface area (Å²) in [5.41, 5.74) is 15.3. The zero-order valence-electron chi connectivity index (χ0n) is 78.2. The van der Waals surface area contributed by atoms with Crippen LogP contribution in [0.3, 0.4) is 0 Å². The van der Waals surface area contributed by atoms with E-state index in [-0.39, 0.29) is 82.9 Å². The molecule has 4 aromatic carbocycles. The van der Waals surface area contributed by atoms with Gasteiger partial charge in [0.25, 0.3) is 23.6 Å². The molecule has 0 spiro atoms. The fourth-order valence-electron chi connectivity index (χ4n) is 22.6. The SMILES string of the molecule is COc1cccc(OC)c1-c1cc(C(=O)NC2(C(=O)O)C3CC4CC(C3)CC2C4)nn1-c1ccc(C(=O)N(C)CCCN(C)CCCC(C)C(CCCCN)C(=O)CNC(CCCCNCN(C)CCCN(C)CCCN(C)C(=O)c2ccc(-n3nc(C(=O)NC4(C(=O)O)C5CC6CC(C5)CC4C6)cc3-c3c(OC)cccc3OC)c(C(C)C)c2)C(N)=O)cc1C(C)C. The van der Waals surface area contributed by atoms with E-state index in [9.17, 15) is 48.6 Å². The Kier molecular flexibility index (Phi) is 33.3. The second kappa shape index (κ2) is 43.8. The maximum absolute atomic E-state index is 14.6. The van der Waals surface area contributed by atoms with Crippen molar-refractivity contribution < 1.29 is 67.5 Å². The molecule has 3 unspecified atom stereocenters. The first-order valence-electron chi connectivity index (χ1n) is 46.9. The molecule has 6 aromatic rings. The predicted molar refractivity (Wildman–Crippen MR) is 495 cm³/mol. The van der Waals surface area contributed by atoms with Crippen LogP contribution in [-0.2, 0) is 19.2 Å². The highest BCUT2D eigenvalue weighted by molar-refractivity contribution is 6.00. The Morgan fingerprint density at radius 3 is 1.26 bits per heavy atom. The molecular formula is C99H143N15O14. The number of carbonyl (C=O) groups is 8. The number of unbranched alkanes of at least 4 members (excludes halogenated alkanes) is 2. The summed E-state index contributed by atoms with van der Waals surface area (Å²) in [6.45, 7) is 17.6. The van der Waals surface area contributed by atoms with Crippen LogP contribution in [0.25, 0.3) is 33.9 Å². The van der Waals surface area contributed by atoms with E-state index >= 15 is 0 Å². The Morgan fingerprint density at radius 1 is 0.484 bits per heavy atom. The number of amides is 5. The highest BCUT2D eigenvalue weighted by atomic mass is 16.5. The van der Waals surface area contributed by atoms with Crippen LogP contribution in [0.4, 0.5) is 0 Å². The monoisotopic (exact) mass is 1770 g/mol. The second-order valence-electron chi connectivity index (χ2n) is 38.6. The average Bonchev–Trinajstić information content (AvgIpc) is 1.27. The van der Waals surface area contributed by atoms with Crippen molar-refractivity contribution >= 4 is 47.3 Å². The molecule has 14 rings (SSSR count). The van der Waals surface area contributed by atoms with E-state index in [0.717, 1.165) is 172 Å². The number of carboxylic acids is 2. The van der Waals surface area contributed by atoms with Crippen LogP contribution in [0.15, 0.2) is 84.9 Å². The molecule has 2 heterocycles. The summed E-state index contributed by atoms with van der Waals surface area (Å²) in [5, 5.41) is 44.8. The minimum absolute atomic E-state index is 0.0561. The van der Waals surface area contributed by atoms with E-state index in [1.165, 1.54) is 0 Å². The number of benzene rings is 4. The van der Waals surface area contributed by atoms with Crippen molar-refractivity contribution in [1.82, 2.24) is 65.3 Å². The number of methoxy groups -OCH3 is 4. The second-order valence-corrected chi connectivity index (χ2v) is 38.6. The Morgan fingerprint density at radius 2 is 0.875 bits per heavy atom. The minimum atomic E-state index is -1.38. The van der Waals surface area contributed by atoms with Gasteiger partial charge < -0.3 is 76.2 Å². The van der Waals surface area contributed by atoms with Crippen molar-refractivity contribution in [1.29, 1.82) is 0 Å². The number of carbonyl (C=O) groups excluding carboxylic acids is 6. The molecule has 8 aliphatic rings. The Hall–Kier alpha value is -9.78. The van der Waals surface area contributed by atoms with Gasteiger partial charge in [-0.05, 0) is 331 Å². The van der Waals surface area contributed by atoms with Gasteiger partial charge in [-0.2, -0.15) is 10.2 Å². The van der Waals surface area contributed by atoms with Crippen molar-refractivity contribution in [3.8, 4) is 56.9 Å². The van der Waals surface area contributed by atoms with Gasteiger partial charge in [-0.15, -0.1) is 0 Å². The van der Waals surface area contributed by atoms with Crippen LogP contribution in [0.5, 0.6) is 23.0 Å². The number of ketones is 1. The predicted octanol–water partition coefficient (Wildman–Crippen LogP) is 12.4. The summed E-state index contributed by atoms with van der Waals surface area (Å²) in [7, 11) is 16.2. The number of Topliss-reactive ketones (excluding diaryl/α,β-unsaturated/α-hetero) is 1. The fourth-order valence-corrected chi connectivity index (χ4v) is 22.6. The van der Waals surface area contributed by atoms with Gasteiger partial charge >= 0.3 is 11.9 Å². The number of hydrogen-bond donors (Lipinski definition) is 8. The number of ether oxygens (including phenoxy) is 4. The molecule has 5 amide bonds. The van der Waals surface area contributed by atoms with E-state index in [1.807, 2.05) is 102 Å². The molecule has 2 aromatic heterocycles. The number of aliphatic carboxylic acids is 2. The van der Waals surface area contributed by atoms with Crippen molar-refractivity contribution in [3.63, 3.8) is 0 Å². The van der Waals surface area contributed by atoms with Crippen molar-refractivity contribution in [2.45, 2.75) is 198 Å². The van der Waals surface area contributed by atoms with Crippen LogP contribution in [-0.4, -0.2) is 254 Å². The lowest BCUT2D eigenvalue weighted by Crippen LogP contribution is -2.70. The molecule has 0 saturated heterocycles. The summed E-state index contributed by atoms with van der Waals surface area (Å²) < 4.78 is 26.9. The first kappa shape index (κ1) is 97.3. The van der Waals surface area contributed by atoms with Crippen molar-refractivity contribution in [2.24, 2.45) is 70.6 Å². The van der Waals surface area contributed by atoms with Gasteiger partial charge in [0.2, 0.25) is 5.91 Å². The maximum Gasteiger partial charge on any atom is 0.330 e. The van der Waals surface area contributed by atoms with Crippen molar-refractivity contribution in [3.05, 3.63) is 119 Å². The standard InChI is InChI=1S/C99H143N15O14/c1-61(2)75-55-68(32-34-80(75)113-82(89-85(125-11)28-19-29-86(89)126-12)57-78(106-113)92(117)104-98(96(121)122)70-47-64-45-65(49-70)50-71(98)48-64)94(119)111(9)43-23-40-108(6)38-21-25-63(5)74(26-15-17-36-100)84(115)59-103-77(91(101)116)27-16-18-37-102-60-110(8)42-22-39-109(7)41-24-44-112(10)95(120)69-33-35-81(76(56-69)62(3)4)114-83(90-87(127-13)30-20-31-88(90)128-14)58-79(107-114)93(118)105-99(97(123)124)72-51-66-46-67(53-72)54-73(99)52-66/h19-20,28-35,55-58,61-67,70-74,77,102-103H,15-18,21-27,36-54,59-60,100H2,1-14H3,(H2,101,116)(H,104,117)(H,105,118)(H,121,122)(H,123,124). The number of rotatable bonds is 51. The number of nitrogens with two attached hydrogens (primary N) is 2. The molecule has 698 valence electrons. The number of primary amides is 1. The normalized spacial score (nSPS) is 22.0. The van der Waals surface area contributed by atoms with Crippen molar-refractivity contribution in [2.75, 3.05) is 136 Å². The summed E-state index contributed by atoms with van der Waals surface area (Å²) >= 11 is 0. The molecule has 8 bridgehead atoms. The first-order valence-corrected chi connectivity index (χ1v) is 46.9. The molecule has 29 heteroatoms. The zero-order valence-corrected chi connectivity index (χ0v) is 78.2. The lowest BCUT2D eigenvalue weighted by Gasteiger charge is -2.59. The molecule has 8 aliphatic carbocycles. The zero-order chi connectivity index (χ0) is 92.0. The third kappa shape index (κ3) is 21.9. The lowest BCUT2D eigenvalue weighted by molar-refractivity contribution is -0.164. The van der Waals surface area contributed by atoms with Crippen LogP contribution in [0.1, 0.15) is 234 Å². The Bertz CT molecular complexity index is 4760. The molecule has 0 aliphatic heterocycles. The molecule has 8 saturated carbocycles. The number of hydrogen-bond acceptors (Lipinski definition) is 20. The number of nitrogens with zero attached hydrogens (tertiary/aromatic N) is 9. The molecule has 0 radical (unpaired) electrons. The number of carboxylic acid groups (broad SMARTS) is 2.